The molecule has 1 rings (SSSR count). The molecule has 4 heteroatoms. The summed E-state index contributed by atoms with van der Waals surface area (Å²) in [5, 5.41) is 10.9. The molecule has 0 aliphatic heterocycles. The van der Waals surface area contributed by atoms with Gasteiger partial charge in [0, 0.05) is 0 Å². The van der Waals surface area contributed by atoms with E-state index in [0.717, 1.165) is 29.5 Å². The van der Waals surface area contributed by atoms with Gasteiger partial charge in [0.25, 0.3) is 0 Å². The smallest absolute Gasteiger partial charge is 0.326 e. The standard InChI is InChI=1S/C25H42O3S/c1-9-10-11-12-13-14-15-28-22(27)25(8,29)18-16-19(23(2,3)4)21(26)20(17-18)24(5,6)7/h16-17,26,29H,9-15H2,1-8H3. The molecule has 1 aromatic carbocycles. The second kappa shape index (κ2) is 10.2. The van der Waals surface area contributed by atoms with Crippen molar-refractivity contribution >= 4 is 18.6 Å². The number of thiol groups is 1. The Balaban J connectivity index is 3.03. The number of aromatic hydroxyl groups is 1. The first-order valence-electron chi connectivity index (χ1n) is 11.0. The predicted molar refractivity (Wildman–Crippen MR) is 126 cm³/mol. The third kappa shape index (κ3) is 7.24. The number of hydrogen-bond acceptors (Lipinski definition) is 4. The van der Waals surface area contributed by atoms with Gasteiger partial charge in [-0.2, -0.15) is 12.6 Å². The highest BCUT2D eigenvalue weighted by Crippen LogP contribution is 2.43. The highest BCUT2D eigenvalue weighted by atomic mass is 32.1. The molecule has 166 valence electrons. The normalized spacial score (nSPS) is 14.5. The quantitative estimate of drug-likeness (QED) is 0.255. The molecule has 0 fully saturated rings. The summed E-state index contributed by atoms with van der Waals surface area (Å²) in [6.45, 7) is 16.8. The number of phenols is 1. The van der Waals surface area contributed by atoms with Gasteiger partial charge in [0.05, 0.1) is 6.61 Å². The fourth-order valence-electron chi connectivity index (χ4n) is 3.36. The zero-order chi connectivity index (χ0) is 22.5. The van der Waals surface area contributed by atoms with Gasteiger partial charge in [-0.05, 0) is 53.0 Å². The topological polar surface area (TPSA) is 46.5 Å². The summed E-state index contributed by atoms with van der Waals surface area (Å²) in [5.74, 6) is -0.0295. The molecule has 0 heterocycles. The van der Waals surface area contributed by atoms with Crippen molar-refractivity contribution < 1.29 is 14.6 Å². The van der Waals surface area contributed by atoms with Crippen LogP contribution in [-0.2, 0) is 25.1 Å². The number of hydrogen-bond donors (Lipinski definition) is 2. The van der Waals surface area contributed by atoms with E-state index >= 15 is 0 Å². The minimum atomic E-state index is -1.07. The monoisotopic (exact) mass is 422 g/mol. The molecule has 1 unspecified atom stereocenters. The van der Waals surface area contributed by atoms with Crippen molar-refractivity contribution in [3.8, 4) is 5.75 Å². The zero-order valence-corrected chi connectivity index (χ0v) is 20.7. The first-order chi connectivity index (χ1) is 13.2. The molecule has 1 atom stereocenters. The summed E-state index contributed by atoms with van der Waals surface area (Å²) in [7, 11) is 0. The molecule has 0 aromatic heterocycles. The van der Waals surface area contributed by atoms with Crippen molar-refractivity contribution in [2.45, 2.75) is 109 Å². The lowest BCUT2D eigenvalue weighted by molar-refractivity contribution is -0.146. The van der Waals surface area contributed by atoms with Crippen molar-refractivity contribution in [3.05, 3.63) is 28.8 Å². The molecule has 0 bridgehead atoms. The van der Waals surface area contributed by atoms with Gasteiger partial charge in [-0.15, -0.1) is 0 Å². The maximum absolute atomic E-state index is 12.8. The number of unbranched alkanes of at least 4 members (excludes halogenated alkanes) is 5. The van der Waals surface area contributed by atoms with Gasteiger partial charge >= 0.3 is 5.97 Å². The summed E-state index contributed by atoms with van der Waals surface area (Å²) in [6, 6.07) is 3.81. The minimum absolute atomic E-state index is 0.258. The summed E-state index contributed by atoms with van der Waals surface area (Å²) in [5.41, 5.74) is 1.90. The van der Waals surface area contributed by atoms with Gasteiger partial charge < -0.3 is 9.84 Å². The number of esters is 1. The summed E-state index contributed by atoms with van der Waals surface area (Å²) < 4.78 is 4.50. The number of phenolic OH excluding ortho intramolecular Hbond substituents is 1. The second-order valence-electron chi connectivity index (χ2n) is 10.4. The summed E-state index contributed by atoms with van der Waals surface area (Å²) in [6.07, 6.45) is 6.89. The van der Waals surface area contributed by atoms with E-state index in [1.807, 2.05) is 12.1 Å². The van der Waals surface area contributed by atoms with Crippen molar-refractivity contribution in [3.63, 3.8) is 0 Å². The lowest BCUT2D eigenvalue weighted by Crippen LogP contribution is -2.30. The lowest BCUT2D eigenvalue weighted by atomic mass is 9.77. The second-order valence-corrected chi connectivity index (χ2v) is 11.3. The van der Waals surface area contributed by atoms with E-state index in [2.05, 4.69) is 48.5 Å². The Kier molecular flexibility index (Phi) is 9.13. The van der Waals surface area contributed by atoms with E-state index in [-0.39, 0.29) is 16.8 Å². The Morgan fingerprint density at radius 1 is 0.897 bits per heavy atom. The molecule has 29 heavy (non-hydrogen) atoms. The van der Waals surface area contributed by atoms with Crippen LogP contribution in [0.1, 0.15) is 111 Å². The SMILES string of the molecule is CCCCCCCCOC(=O)C(C)(S)c1cc(C(C)(C)C)c(O)c(C(C)(C)C)c1. The molecule has 1 aromatic rings. The summed E-state index contributed by atoms with van der Waals surface area (Å²) >= 11 is 4.71. The number of carbonyl (C=O) groups is 1. The van der Waals surface area contributed by atoms with Gasteiger partial charge in [-0.25, -0.2) is 0 Å². The van der Waals surface area contributed by atoms with Crippen LogP contribution in [0.25, 0.3) is 0 Å². The van der Waals surface area contributed by atoms with Crippen LogP contribution in [0, 0.1) is 0 Å². The fourth-order valence-corrected chi connectivity index (χ4v) is 3.56. The molecule has 0 radical (unpaired) electrons. The Morgan fingerprint density at radius 2 is 1.34 bits per heavy atom. The number of carbonyl (C=O) groups excluding carboxylic acids is 1. The van der Waals surface area contributed by atoms with Crippen molar-refractivity contribution in [1.29, 1.82) is 0 Å². The molecule has 0 aliphatic carbocycles. The van der Waals surface area contributed by atoms with Crippen molar-refractivity contribution in [2.75, 3.05) is 6.61 Å². The van der Waals surface area contributed by atoms with Gasteiger partial charge in [-0.3, -0.25) is 4.79 Å². The first-order valence-corrected chi connectivity index (χ1v) is 11.5. The highest BCUT2D eigenvalue weighted by Gasteiger charge is 2.36. The van der Waals surface area contributed by atoms with E-state index in [0.29, 0.717) is 12.4 Å². The molecular formula is C25H42O3S. The average molecular weight is 423 g/mol. The third-order valence-electron chi connectivity index (χ3n) is 5.42. The van der Waals surface area contributed by atoms with Crippen LogP contribution < -0.4 is 0 Å². The number of benzene rings is 1. The third-order valence-corrected chi connectivity index (χ3v) is 5.86. The minimum Gasteiger partial charge on any atom is -0.507 e. The van der Waals surface area contributed by atoms with Crippen LogP contribution in [-0.4, -0.2) is 17.7 Å². The van der Waals surface area contributed by atoms with E-state index in [4.69, 9.17) is 17.4 Å². The van der Waals surface area contributed by atoms with Gasteiger partial charge in [0.1, 0.15) is 10.5 Å². The Morgan fingerprint density at radius 3 is 1.79 bits per heavy atom. The highest BCUT2D eigenvalue weighted by molar-refractivity contribution is 7.82. The van der Waals surface area contributed by atoms with Crippen LogP contribution in [0.2, 0.25) is 0 Å². The predicted octanol–water partition coefficient (Wildman–Crippen LogP) is 7.04. The van der Waals surface area contributed by atoms with Crippen LogP contribution in [0.3, 0.4) is 0 Å². The Labute approximate surface area is 184 Å². The zero-order valence-electron chi connectivity index (χ0n) is 19.8. The maximum atomic E-state index is 12.8. The molecule has 0 aliphatic rings. The summed E-state index contributed by atoms with van der Waals surface area (Å²) in [4.78, 5) is 12.8. The molecule has 1 N–H and O–H groups in total. The largest absolute Gasteiger partial charge is 0.507 e. The van der Waals surface area contributed by atoms with Gasteiger partial charge in [-0.1, -0.05) is 80.6 Å². The van der Waals surface area contributed by atoms with E-state index in [9.17, 15) is 9.90 Å². The van der Waals surface area contributed by atoms with E-state index in [1.165, 1.54) is 25.7 Å². The molecule has 3 nitrogen and oxygen atoms in total. The first kappa shape index (κ1) is 25.9. The maximum Gasteiger partial charge on any atom is 0.326 e. The molecule has 0 amide bonds. The Hall–Kier alpha value is -1.16. The average Bonchev–Trinajstić information content (AvgIpc) is 2.58. The molecule has 0 saturated heterocycles. The van der Waals surface area contributed by atoms with E-state index in [1.54, 1.807) is 6.92 Å². The molecule has 0 saturated carbocycles. The lowest BCUT2D eigenvalue weighted by Gasteiger charge is -2.31. The fraction of sp³-hybridized carbons (Fsp3) is 0.720. The van der Waals surface area contributed by atoms with Crippen LogP contribution in [0.15, 0.2) is 12.1 Å². The Bertz CT molecular complexity index is 643. The number of rotatable bonds is 9. The van der Waals surface area contributed by atoms with Crippen molar-refractivity contribution in [1.82, 2.24) is 0 Å². The van der Waals surface area contributed by atoms with Gasteiger partial charge in [0.15, 0.2) is 0 Å². The van der Waals surface area contributed by atoms with E-state index < -0.39 is 4.75 Å². The number of ether oxygens (including phenoxy) is 1. The van der Waals surface area contributed by atoms with Crippen LogP contribution in [0.5, 0.6) is 5.75 Å². The van der Waals surface area contributed by atoms with Crippen molar-refractivity contribution in [2.24, 2.45) is 0 Å². The van der Waals surface area contributed by atoms with Gasteiger partial charge in [0.2, 0.25) is 0 Å². The molecule has 0 spiro atoms. The van der Waals surface area contributed by atoms with Crippen LogP contribution >= 0.6 is 12.6 Å². The molecular weight excluding hydrogens is 380 g/mol. The van der Waals surface area contributed by atoms with Crippen LogP contribution in [0.4, 0.5) is 0 Å².